The highest BCUT2D eigenvalue weighted by atomic mass is 19.5. The number of ether oxygens (including phenoxy) is 4. The lowest BCUT2D eigenvalue weighted by atomic mass is 9.72. The largest absolute Gasteiger partial charge is 0.469 e. The monoisotopic (exact) mass is 2210 g/mol. The molecule has 11 rings (SSSR count). The van der Waals surface area contributed by atoms with Crippen molar-refractivity contribution in [1.82, 2.24) is 0 Å². The maximum Gasteiger partial charge on any atom is 0.430 e. The molecule has 0 saturated heterocycles. The van der Waals surface area contributed by atoms with E-state index in [0.29, 0.717) is 113 Å². The molecule has 10 bridgehead atoms. The summed E-state index contributed by atoms with van der Waals surface area (Å²) in [6, 6.07) is 3.68. The Labute approximate surface area is 817 Å². The summed E-state index contributed by atoms with van der Waals surface area (Å²) in [6.07, 6.45) is -62.9. The maximum atomic E-state index is 12.7. The van der Waals surface area contributed by atoms with E-state index in [1.165, 1.54) is 33.3 Å². The van der Waals surface area contributed by atoms with Crippen molar-refractivity contribution in [3.05, 3.63) is 35.4 Å². The minimum atomic E-state index is -5.84. The fourth-order valence-electron chi connectivity index (χ4n) is 20.7. The quantitative estimate of drug-likeness (QED) is 0.0568. The van der Waals surface area contributed by atoms with Crippen LogP contribution in [-0.2, 0) is 34.1 Å². The van der Waals surface area contributed by atoms with E-state index in [1.54, 1.807) is 6.92 Å². The first-order chi connectivity index (χ1) is 64.3. The number of benzene rings is 1. The first-order valence-electron chi connectivity index (χ1n) is 46.0. The smallest absolute Gasteiger partial charge is 0.430 e. The molecule has 10 fully saturated rings. The number of alkyl halides is 40. The fourth-order valence-corrected chi connectivity index (χ4v) is 20.7. The van der Waals surface area contributed by atoms with Crippen LogP contribution in [0, 0.1) is 124 Å². The topological polar surface area (TPSA) is 192 Å². The lowest BCUT2D eigenvalue weighted by molar-refractivity contribution is -0.381. The van der Waals surface area contributed by atoms with Gasteiger partial charge in [-0.3, -0.25) is 18.4 Å². The zero-order valence-electron chi connectivity index (χ0n) is 81.3. The van der Waals surface area contributed by atoms with Gasteiger partial charge in [-0.15, -0.1) is 0 Å². The van der Waals surface area contributed by atoms with Gasteiger partial charge in [0.05, 0.1) is 64.8 Å². The molecule has 0 radical (unpaired) electrons. The van der Waals surface area contributed by atoms with Crippen molar-refractivity contribution < 1.29 is 235 Å². The van der Waals surface area contributed by atoms with Crippen LogP contribution in [0.2, 0.25) is 0 Å². The molecule has 23 unspecified atom stereocenters. The second-order valence-corrected chi connectivity index (χ2v) is 39.6. The second kappa shape index (κ2) is 53.7. The van der Waals surface area contributed by atoms with Crippen molar-refractivity contribution in [3.8, 4) is 0 Å². The molecule has 23 atom stereocenters. The van der Waals surface area contributed by atoms with Gasteiger partial charge in [-0.25, -0.2) is 8.78 Å². The molecular formula is C93H140F40O12. The van der Waals surface area contributed by atoms with Gasteiger partial charge in [-0.05, 0) is 260 Å². The van der Waals surface area contributed by atoms with Crippen molar-refractivity contribution in [3.63, 3.8) is 0 Å². The summed E-state index contributed by atoms with van der Waals surface area (Å²) in [5.74, 6) is 0.262. The van der Waals surface area contributed by atoms with Crippen molar-refractivity contribution in [2.45, 2.75) is 366 Å². The first kappa shape index (κ1) is 142. The van der Waals surface area contributed by atoms with Crippen LogP contribution in [-0.4, -0.2) is 205 Å². The molecule has 864 valence electrons. The Kier molecular flexibility index (Phi) is 52.7. The van der Waals surface area contributed by atoms with E-state index >= 15 is 0 Å². The highest BCUT2D eigenvalue weighted by Crippen LogP contribution is 2.63. The van der Waals surface area contributed by atoms with Crippen LogP contribution in [0.5, 0.6) is 0 Å². The summed E-state index contributed by atoms with van der Waals surface area (Å²) in [5, 5.41) is 54.8. The Morgan fingerprint density at radius 2 is 0.621 bits per heavy atom. The third-order valence-corrected chi connectivity index (χ3v) is 31.0. The molecule has 12 nitrogen and oxygen atoms in total. The maximum absolute atomic E-state index is 12.7. The summed E-state index contributed by atoms with van der Waals surface area (Å²) in [4.78, 5) is 21.4. The lowest BCUT2D eigenvalue weighted by Gasteiger charge is -2.39. The third kappa shape index (κ3) is 34.0. The number of carbonyl (C=O) groups excluding carboxylic acids is 2. The SMILES string of the molecule is C.C.CC1C2CC(CC(O)(C(F)(F)F)C(F)(F)F)C(C2)C1C.CC1C2CC(OCC(O)(C(F)(F)F)C(F)(F)F)C(C2)C1C.CC1C2CC(OCC(O)(C(F)(F)F)C(F)(F)F)C(C2)C1C.CCC(C)(C)C(=O)OC.CCC(C)C(=O)OC.CCC(C)c1ccc(C(O)(C(F)(F)F)C(F)(F)F)cc1.CCF.CF.FCF.OC(CC1CC2CCC1C2)(C(F)(F)F)C(F)(F)F.OC(CC1CC2CCC1C2)(C(F)(F)F)C(F)(F)F. The fraction of sp³-hybridized carbons (Fsp3) is 0.914. The summed E-state index contributed by atoms with van der Waals surface area (Å²) in [7, 11) is 3.33. The molecule has 6 N–H and O–H groups in total. The molecule has 10 aliphatic carbocycles. The number of hydrogen-bond acceptors (Lipinski definition) is 12. The van der Waals surface area contributed by atoms with Crippen molar-refractivity contribution in [1.29, 1.82) is 0 Å². The lowest BCUT2D eigenvalue weighted by Crippen LogP contribution is -2.60. The molecule has 52 heteroatoms. The number of methoxy groups -OCH3 is 2. The van der Waals surface area contributed by atoms with Gasteiger partial charge in [0.1, 0.15) is 0 Å². The molecular weight excluding hydrogens is 2070 g/mol. The Morgan fingerprint density at radius 1 is 0.352 bits per heavy atom. The van der Waals surface area contributed by atoms with E-state index in [1.807, 2.05) is 83.1 Å². The molecule has 0 heterocycles. The Balaban J connectivity index is 0. The van der Waals surface area contributed by atoms with Gasteiger partial charge < -0.3 is 49.6 Å². The van der Waals surface area contributed by atoms with Gasteiger partial charge in [-0.2, -0.15) is 158 Å². The van der Waals surface area contributed by atoms with Gasteiger partial charge in [0, 0.05) is 5.56 Å². The van der Waals surface area contributed by atoms with Gasteiger partial charge in [0.2, 0.25) is 6.93 Å². The summed E-state index contributed by atoms with van der Waals surface area (Å²) < 4.78 is 511. The van der Waals surface area contributed by atoms with Gasteiger partial charge in [-0.1, -0.05) is 128 Å². The first-order valence-corrected chi connectivity index (χ1v) is 46.0. The summed E-state index contributed by atoms with van der Waals surface area (Å²) >= 11 is 0. The number of esters is 2. The molecule has 145 heavy (non-hydrogen) atoms. The van der Waals surface area contributed by atoms with Gasteiger partial charge >= 0.3 is 86.1 Å². The van der Waals surface area contributed by atoms with Gasteiger partial charge in [0.25, 0.3) is 33.6 Å². The van der Waals surface area contributed by atoms with E-state index in [0.717, 1.165) is 38.5 Å². The third-order valence-electron chi connectivity index (χ3n) is 31.0. The zero-order valence-corrected chi connectivity index (χ0v) is 81.3. The van der Waals surface area contributed by atoms with Crippen LogP contribution in [0.3, 0.4) is 0 Å². The van der Waals surface area contributed by atoms with E-state index in [2.05, 4.69) is 9.47 Å². The highest BCUT2D eigenvalue weighted by molar-refractivity contribution is 5.75. The van der Waals surface area contributed by atoms with E-state index in [9.17, 15) is 195 Å². The Morgan fingerprint density at radius 3 is 0.807 bits per heavy atom. The summed E-state index contributed by atoms with van der Waals surface area (Å²) in [6.45, 7) is 20.9. The Bertz CT molecular complexity index is 3660. The molecule has 10 saturated carbocycles. The number of hydrogen-bond donors (Lipinski definition) is 6. The standard InChI is InChI=1S/2C13H18F6O2.C13H18F6O.C13H14F6O.2C11H14F6O.C7H14O2.C6H12O2.C2H5F.CH2F2.CH3F.2CH4/c2*1-6-7(2)9-3-8(6)4-10(9)21-5-11(20,12(14,15)16)13(17,18)19;1-6-7(2)10-4-8(6)3-9(10)5-11(20,12(14,15)16)13(17,18)19;1-3-8(2)9-4-6-10(7-5-9)11(20,12(14,15)16)13(17,18)19;2*12-10(13,14)9(18,11(15,16)17)5-8-4-6-1-2-7(8)3-6;1-5-7(2,3)6(8)9-4;1-4-5(2)6(7)8-3;1-2-3;2-1-3;1-2;;/h2*6-10,20H,3-5H2,1-2H3;6-10,20H,3-5H2,1-2H3;4-8,20H,3H2,1-2H3;2*6-8,18H,1-5H2;5H2,1-4H3;5H,4H2,1-3H3;2H2,1H3;1H2;1H3;2*1H4. The minimum Gasteiger partial charge on any atom is -0.469 e. The van der Waals surface area contributed by atoms with E-state index in [-0.39, 0.29) is 128 Å². The zero-order chi connectivity index (χ0) is 113. The van der Waals surface area contributed by atoms with Crippen LogP contribution < -0.4 is 0 Å². The predicted octanol–water partition coefficient (Wildman–Crippen LogP) is 29.6. The molecule has 1 aromatic carbocycles. The van der Waals surface area contributed by atoms with Gasteiger partial charge in [0.15, 0.2) is 0 Å². The molecule has 10 aliphatic rings. The van der Waals surface area contributed by atoms with E-state index < -0.39 is 183 Å². The average Bonchev–Trinajstić information content (AvgIpc) is 1.50. The van der Waals surface area contributed by atoms with Crippen LogP contribution in [0.4, 0.5) is 176 Å². The normalized spacial score (nSPS) is 28.1. The number of carbonyl (C=O) groups is 2. The van der Waals surface area contributed by atoms with Crippen LogP contribution >= 0.6 is 0 Å². The predicted molar refractivity (Wildman–Crippen MR) is 452 cm³/mol. The Hall–Kier alpha value is -4.96. The number of fused-ring (bicyclic) bond motifs is 10. The van der Waals surface area contributed by atoms with E-state index in [4.69, 9.17) is 29.9 Å². The molecule has 1 aromatic rings. The molecule has 0 spiro atoms. The van der Waals surface area contributed by atoms with Crippen LogP contribution in [0.1, 0.15) is 257 Å². The average molecular weight is 2210 g/mol. The molecule has 0 aromatic heterocycles. The number of rotatable bonds is 19. The van der Waals surface area contributed by atoms with Crippen molar-refractivity contribution >= 4 is 11.9 Å². The minimum absolute atomic E-state index is 0. The molecule has 0 amide bonds. The van der Waals surface area contributed by atoms with Crippen molar-refractivity contribution in [2.75, 3.05) is 48.2 Å². The molecule has 0 aliphatic heterocycles. The van der Waals surface area contributed by atoms with Crippen LogP contribution in [0.15, 0.2) is 24.3 Å². The number of halogens is 40. The number of aliphatic hydroxyl groups is 6. The second-order valence-electron chi connectivity index (χ2n) is 39.6. The highest BCUT2D eigenvalue weighted by Gasteiger charge is 2.77. The van der Waals surface area contributed by atoms with Crippen molar-refractivity contribution in [2.24, 2.45) is 124 Å². The van der Waals surface area contributed by atoms with Crippen LogP contribution in [0.25, 0.3) is 0 Å². The summed E-state index contributed by atoms with van der Waals surface area (Å²) in [5.41, 5.74) is -29.1.